The fourth-order valence-electron chi connectivity index (χ4n) is 1.55. The summed E-state index contributed by atoms with van der Waals surface area (Å²) >= 11 is 0. The van der Waals surface area contributed by atoms with Crippen LogP contribution >= 0.6 is 0 Å². The van der Waals surface area contributed by atoms with Crippen LogP contribution in [0.2, 0.25) is 0 Å². The highest BCUT2D eigenvalue weighted by molar-refractivity contribution is 5.89. The van der Waals surface area contributed by atoms with E-state index in [9.17, 15) is 4.79 Å². The van der Waals surface area contributed by atoms with Crippen molar-refractivity contribution in [3.63, 3.8) is 0 Å². The van der Waals surface area contributed by atoms with Gasteiger partial charge in [0.15, 0.2) is 0 Å². The molecular weight excluding hydrogens is 214 g/mol. The van der Waals surface area contributed by atoms with Gasteiger partial charge in [-0.3, -0.25) is 4.90 Å². The van der Waals surface area contributed by atoms with E-state index in [-0.39, 0.29) is 0 Å². The lowest BCUT2D eigenvalue weighted by Gasteiger charge is -2.13. The molecule has 0 aliphatic rings. The number of hydrogen-bond acceptors (Lipinski definition) is 2. The molecule has 0 unspecified atom stereocenters. The van der Waals surface area contributed by atoms with Gasteiger partial charge in [0.05, 0.1) is 12.1 Å². The third-order valence-electron chi connectivity index (χ3n) is 2.54. The molecule has 1 aromatic carbocycles. The summed E-state index contributed by atoms with van der Waals surface area (Å²) in [6.07, 6.45) is 0.727. The Morgan fingerprint density at radius 3 is 2.76 bits per heavy atom. The molecule has 17 heavy (non-hydrogen) atoms. The number of nitrogens with zero attached hydrogens (tertiary/aromatic N) is 1. The van der Waals surface area contributed by atoms with Crippen LogP contribution in [-0.2, 0) is 6.42 Å². The molecule has 0 saturated heterocycles. The molecule has 0 bridgehead atoms. The van der Waals surface area contributed by atoms with Crippen LogP contribution in [0.5, 0.6) is 0 Å². The zero-order valence-electron chi connectivity index (χ0n) is 10.2. The van der Waals surface area contributed by atoms with Crippen molar-refractivity contribution in [3.05, 3.63) is 35.4 Å². The smallest absolute Gasteiger partial charge is 0.335 e. The Morgan fingerprint density at radius 2 is 2.12 bits per heavy atom. The number of benzene rings is 1. The highest BCUT2D eigenvalue weighted by Gasteiger charge is 2.08. The topological polar surface area (TPSA) is 40.5 Å². The molecule has 0 amide bonds. The second-order valence-electron chi connectivity index (χ2n) is 3.88. The summed E-state index contributed by atoms with van der Waals surface area (Å²) in [5.74, 6) is 4.96. The predicted molar refractivity (Wildman–Crippen MR) is 68.1 cm³/mol. The standard InChI is InChI=1S/C14H17NO2/c1-3-4-10-15(2)11-9-12-7-5-6-8-13(12)14(16)17/h5-8H,9-11H2,1-2H3,(H,16,17). The van der Waals surface area contributed by atoms with E-state index >= 15 is 0 Å². The van der Waals surface area contributed by atoms with Crippen molar-refractivity contribution in [1.82, 2.24) is 4.90 Å². The van der Waals surface area contributed by atoms with Gasteiger partial charge in [0.1, 0.15) is 0 Å². The molecule has 90 valence electrons. The van der Waals surface area contributed by atoms with Crippen LogP contribution in [0.4, 0.5) is 0 Å². The molecule has 1 rings (SSSR count). The van der Waals surface area contributed by atoms with Crippen molar-refractivity contribution in [3.8, 4) is 11.8 Å². The lowest BCUT2D eigenvalue weighted by Crippen LogP contribution is -2.22. The Labute approximate surface area is 102 Å². The van der Waals surface area contributed by atoms with Crippen LogP contribution in [0, 0.1) is 11.8 Å². The summed E-state index contributed by atoms with van der Waals surface area (Å²) in [7, 11) is 1.98. The first-order chi connectivity index (χ1) is 8.15. The quantitative estimate of drug-likeness (QED) is 0.787. The van der Waals surface area contributed by atoms with Gasteiger partial charge in [0, 0.05) is 6.54 Å². The molecule has 0 aliphatic heterocycles. The molecule has 0 aromatic heterocycles. The van der Waals surface area contributed by atoms with Crippen LogP contribution in [0.15, 0.2) is 24.3 Å². The molecule has 0 spiro atoms. The van der Waals surface area contributed by atoms with Gasteiger partial charge in [-0.25, -0.2) is 4.79 Å². The summed E-state index contributed by atoms with van der Waals surface area (Å²) < 4.78 is 0. The van der Waals surface area contributed by atoms with Crippen LogP contribution in [0.3, 0.4) is 0 Å². The molecular formula is C14H17NO2. The summed E-state index contributed by atoms with van der Waals surface area (Å²) in [6, 6.07) is 7.12. The predicted octanol–water partition coefficient (Wildman–Crippen LogP) is 1.88. The van der Waals surface area contributed by atoms with Crippen molar-refractivity contribution >= 4 is 5.97 Å². The second-order valence-corrected chi connectivity index (χ2v) is 3.88. The Morgan fingerprint density at radius 1 is 1.41 bits per heavy atom. The van der Waals surface area contributed by atoms with Gasteiger partial charge in [0.2, 0.25) is 0 Å². The van der Waals surface area contributed by atoms with Gasteiger partial charge in [-0.05, 0) is 32.0 Å². The average molecular weight is 231 g/mol. The molecule has 1 N–H and O–H groups in total. The lowest BCUT2D eigenvalue weighted by atomic mass is 10.0. The molecule has 0 radical (unpaired) electrons. The highest BCUT2D eigenvalue weighted by Crippen LogP contribution is 2.09. The van der Waals surface area contributed by atoms with Crippen LogP contribution < -0.4 is 0 Å². The van der Waals surface area contributed by atoms with Crippen molar-refractivity contribution in [1.29, 1.82) is 0 Å². The molecule has 0 aliphatic carbocycles. The van der Waals surface area contributed by atoms with Crippen molar-refractivity contribution in [2.45, 2.75) is 13.3 Å². The summed E-state index contributed by atoms with van der Waals surface area (Å²) in [6.45, 7) is 3.33. The van der Waals surface area contributed by atoms with Crippen molar-refractivity contribution in [2.24, 2.45) is 0 Å². The number of carboxylic acid groups (broad SMARTS) is 1. The van der Waals surface area contributed by atoms with Gasteiger partial charge in [-0.15, -0.1) is 5.92 Å². The number of hydrogen-bond donors (Lipinski definition) is 1. The van der Waals surface area contributed by atoms with E-state index in [0.717, 1.165) is 18.5 Å². The van der Waals surface area contributed by atoms with E-state index in [1.807, 2.05) is 26.1 Å². The molecule has 0 atom stereocenters. The van der Waals surface area contributed by atoms with E-state index in [2.05, 4.69) is 16.7 Å². The number of rotatable bonds is 5. The molecule has 3 nitrogen and oxygen atoms in total. The first-order valence-electron chi connectivity index (χ1n) is 5.54. The number of aromatic carboxylic acids is 1. The molecule has 3 heteroatoms. The normalized spacial score (nSPS) is 9.82. The number of carbonyl (C=O) groups is 1. The Balaban J connectivity index is 2.62. The van der Waals surface area contributed by atoms with Gasteiger partial charge in [0.25, 0.3) is 0 Å². The lowest BCUT2D eigenvalue weighted by molar-refractivity contribution is 0.0695. The third kappa shape index (κ3) is 4.29. The van der Waals surface area contributed by atoms with Gasteiger partial charge >= 0.3 is 5.97 Å². The zero-order valence-corrected chi connectivity index (χ0v) is 10.2. The van der Waals surface area contributed by atoms with Crippen LogP contribution in [0.25, 0.3) is 0 Å². The first-order valence-corrected chi connectivity index (χ1v) is 5.54. The Hall–Kier alpha value is -1.79. The van der Waals surface area contributed by atoms with Gasteiger partial charge in [-0.2, -0.15) is 0 Å². The van der Waals surface area contributed by atoms with Gasteiger partial charge in [-0.1, -0.05) is 24.1 Å². The van der Waals surface area contributed by atoms with Crippen molar-refractivity contribution in [2.75, 3.05) is 20.1 Å². The second kappa shape index (κ2) is 6.72. The van der Waals surface area contributed by atoms with Crippen LogP contribution in [0.1, 0.15) is 22.8 Å². The SMILES string of the molecule is CC#CCN(C)CCc1ccccc1C(=O)O. The fourth-order valence-corrected chi connectivity index (χ4v) is 1.55. The highest BCUT2D eigenvalue weighted by atomic mass is 16.4. The maximum absolute atomic E-state index is 11.0. The first kappa shape index (κ1) is 13.3. The fraction of sp³-hybridized carbons (Fsp3) is 0.357. The van der Waals surface area contributed by atoms with Gasteiger partial charge < -0.3 is 5.11 Å². The average Bonchev–Trinajstić information content (AvgIpc) is 2.34. The maximum Gasteiger partial charge on any atom is 0.335 e. The summed E-state index contributed by atoms with van der Waals surface area (Å²) in [4.78, 5) is 13.1. The van der Waals surface area contributed by atoms with E-state index in [1.54, 1.807) is 12.1 Å². The van der Waals surface area contributed by atoms with Crippen LogP contribution in [-0.4, -0.2) is 36.1 Å². The molecule has 0 fully saturated rings. The monoisotopic (exact) mass is 231 g/mol. The molecule has 0 heterocycles. The number of carboxylic acids is 1. The molecule has 0 saturated carbocycles. The van der Waals surface area contributed by atoms with Crippen molar-refractivity contribution < 1.29 is 9.90 Å². The minimum atomic E-state index is -0.864. The van der Waals surface area contributed by atoms with E-state index in [1.165, 1.54) is 0 Å². The Bertz CT molecular complexity index is 443. The molecule has 1 aromatic rings. The minimum Gasteiger partial charge on any atom is -0.478 e. The summed E-state index contributed by atoms with van der Waals surface area (Å²) in [5.41, 5.74) is 1.26. The largest absolute Gasteiger partial charge is 0.478 e. The number of likely N-dealkylation sites (N-methyl/N-ethyl adjacent to an activating group) is 1. The minimum absolute atomic E-state index is 0.391. The Kier molecular flexibility index (Phi) is 5.25. The maximum atomic E-state index is 11.0. The third-order valence-corrected chi connectivity index (χ3v) is 2.54. The van der Waals surface area contributed by atoms with E-state index < -0.39 is 5.97 Å². The van der Waals surface area contributed by atoms with E-state index in [0.29, 0.717) is 12.1 Å². The van der Waals surface area contributed by atoms with E-state index in [4.69, 9.17) is 5.11 Å². The summed E-state index contributed by atoms with van der Waals surface area (Å²) in [5, 5.41) is 9.04. The zero-order chi connectivity index (χ0) is 12.7.